The Morgan fingerprint density at radius 3 is 2.82 bits per heavy atom. The van der Waals surface area contributed by atoms with E-state index in [-0.39, 0.29) is 5.91 Å². The number of carbonyl (C=O) groups is 1. The number of rotatable bonds is 2. The molecule has 3 nitrogen and oxygen atoms in total. The lowest BCUT2D eigenvalue weighted by molar-refractivity contribution is 0.103. The van der Waals surface area contributed by atoms with Crippen molar-refractivity contribution in [3.05, 3.63) is 59.1 Å². The van der Waals surface area contributed by atoms with E-state index in [1.165, 1.54) is 26.1 Å². The van der Waals surface area contributed by atoms with Gasteiger partial charge in [-0.25, -0.2) is 4.98 Å². The first-order valence-electron chi connectivity index (χ1n) is 6.86. The van der Waals surface area contributed by atoms with Crippen LogP contribution >= 0.6 is 22.7 Å². The number of nitrogens with zero attached hydrogens (tertiary/aromatic N) is 1. The molecule has 4 aromatic rings. The van der Waals surface area contributed by atoms with Gasteiger partial charge in [0.25, 0.3) is 5.91 Å². The van der Waals surface area contributed by atoms with Crippen LogP contribution in [0.4, 0.5) is 5.82 Å². The molecule has 5 heteroatoms. The van der Waals surface area contributed by atoms with E-state index in [0.29, 0.717) is 5.82 Å². The van der Waals surface area contributed by atoms with E-state index in [0.717, 1.165) is 15.1 Å². The van der Waals surface area contributed by atoms with E-state index in [4.69, 9.17) is 0 Å². The van der Waals surface area contributed by atoms with Gasteiger partial charge in [-0.2, -0.15) is 0 Å². The van der Waals surface area contributed by atoms with Crippen molar-refractivity contribution in [1.29, 1.82) is 0 Å². The van der Waals surface area contributed by atoms with E-state index >= 15 is 0 Å². The first kappa shape index (κ1) is 13.4. The molecule has 0 aliphatic carbocycles. The molecule has 0 atom stereocenters. The Morgan fingerprint density at radius 1 is 1.09 bits per heavy atom. The van der Waals surface area contributed by atoms with Crippen molar-refractivity contribution in [1.82, 2.24) is 4.98 Å². The number of anilines is 1. The molecule has 0 saturated carbocycles. The molecule has 0 fully saturated rings. The lowest BCUT2D eigenvalue weighted by Crippen LogP contribution is -2.11. The van der Waals surface area contributed by atoms with E-state index in [9.17, 15) is 4.79 Å². The Balaban J connectivity index is 1.70. The van der Waals surface area contributed by atoms with Crippen molar-refractivity contribution in [3.63, 3.8) is 0 Å². The minimum atomic E-state index is -0.101. The number of hydrogen-bond donors (Lipinski definition) is 1. The van der Waals surface area contributed by atoms with Crippen molar-refractivity contribution >= 4 is 53.9 Å². The third-order valence-corrected chi connectivity index (χ3v) is 5.84. The Labute approximate surface area is 135 Å². The molecule has 0 aliphatic heterocycles. The van der Waals surface area contributed by atoms with Gasteiger partial charge >= 0.3 is 0 Å². The van der Waals surface area contributed by atoms with E-state index in [1.807, 2.05) is 37.3 Å². The van der Waals surface area contributed by atoms with Crippen LogP contribution in [-0.4, -0.2) is 10.9 Å². The number of thiophene rings is 2. The molecule has 22 heavy (non-hydrogen) atoms. The highest BCUT2D eigenvalue weighted by molar-refractivity contribution is 7.33. The van der Waals surface area contributed by atoms with E-state index in [1.54, 1.807) is 17.5 Å². The minimum absolute atomic E-state index is 0.101. The van der Waals surface area contributed by atoms with Gasteiger partial charge in [-0.3, -0.25) is 4.79 Å². The summed E-state index contributed by atoms with van der Waals surface area (Å²) in [5.41, 5.74) is 1.07. The van der Waals surface area contributed by atoms with Gasteiger partial charge in [0.15, 0.2) is 0 Å². The lowest BCUT2D eigenvalue weighted by Gasteiger charge is -2.02. The number of amides is 1. The quantitative estimate of drug-likeness (QED) is 0.559. The number of hydrogen-bond acceptors (Lipinski definition) is 4. The van der Waals surface area contributed by atoms with Gasteiger partial charge in [0.05, 0.1) is 9.58 Å². The predicted octanol–water partition coefficient (Wildman–Crippen LogP) is 5.07. The zero-order valence-electron chi connectivity index (χ0n) is 11.8. The monoisotopic (exact) mass is 324 g/mol. The summed E-state index contributed by atoms with van der Waals surface area (Å²) in [7, 11) is 0. The fraction of sp³-hybridized carbons (Fsp3) is 0.0588. The first-order chi connectivity index (χ1) is 10.7. The SMILES string of the molecule is Cc1ccnc(NC(=O)c2cc3sc4ccccc4c3s2)c1. The van der Waals surface area contributed by atoms with Crippen molar-refractivity contribution in [2.75, 3.05) is 5.32 Å². The van der Waals surface area contributed by atoms with Gasteiger partial charge in [-0.15, -0.1) is 22.7 Å². The van der Waals surface area contributed by atoms with Crippen LogP contribution in [-0.2, 0) is 0 Å². The second-order valence-corrected chi connectivity index (χ2v) is 7.21. The molecule has 1 aromatic carbocycles. The van der Waals surface area contributed by atoms with Crippen molar-refractivity contribution in [3.8, 4) is 0 Å². The highest BCUT2D eigenvalue weighted by atomic mass is 32.1. The summed E-state index contributed by atoms with van der Waals surface area (Å²) in [6.45, 7) is 1.98. The fourth-order valence-corrected chi connectivity index (χ4v) is 4.81. The molecule has 0 spiro atoms. The minimum Gasteiger partial charge on any atom is -0.306 e. The molecule has 0 saturated heterocycles. The average Bonchev–Trinajstić information content (AvgIpc) is 3.05. The summed E-state index contributed by atoms with van der Waals surface area (Å²) in [6.07, 6.45) is 1.70. The fourth-order valence-electron chi connectivity index (χ4n) is 2.39. The van der Waals surface area contributed by atoms with Crippen LogP contribution in [0.15, 0.2) is 48.7 Å². The van der Waals surface area contributed by atoms with Crippen molar-refractivity contribution in [2.24, 2.45) is 0 Å². The third kappa shape index (κ3) is 2.28. The van der Waals surface area contributed by atoms with Crippen molar-refractivity contribution < 1.29 is 4.79 Å². The number of benzene rings is 1. The average molecular weight is 324 g/mol. The zero-order chi connectivity index (χ0) is 15.1. The summed E-state index contributed by atoms with van der Waals surface area (Å²) in [5, 5.41) is 4.09. The molecule has 108 valence electrons. The van der Waals surface area contributed by atoms with Crippen LogP contribution in [0.1, 0.15) is 15.2 Å². The van der Waals surface area contributed by atoms with Gasteiger partial charge in [-0.05, 0) is 36.8 Å². The highest BCUT2D eigenvalue weighted by Gasteiger charge is 2.14. The van der Waals surface area contributed by atoms with Gasteiger partial charge in [0, 0.05) is 21.0 Å². The molecule has 1 N–H and O–H groups in total. The number of carbonyl (C=O) groups excluding carboxylic acids is 1. The number of fused-ring (bicyclic) bond motifs is 3. The third-order valence-electron chi connectivity index (χ3n) is 3.43. The second-order valence-electron chi connectivity index (χ2n) is 5.07. The van der Waals surface area contributed by atoms with Crippen molar-refractivity contribution in [2.45, 2.75) is 6.92 Å². The molecule has 0 aliphatic rings. The van der Waals surface area contributed by atoms with Gasteiger partial charge in [0.1, 0.15) is 5.82 Å². The molecule has 3 heterocycles. The molecule has 0 radical (unpaired) electrons. The summed E-state index contributed by atoms with van der Waals surface area (Å²) in [5.74, 6) is 0.488. The smallest absolute Gasteiger partial charge is 0.266 e. The van der Waals surface area contributed by atoms with E-state index < -0.39 is 0 Å². The predicted molar refractivity (Wildman–Crippen MR) is 94.1 cm³/mol. The van der Waals surface area contributed by atoms with Gasteiger partial charge in [0.2, 0.25) is 0 Å². The van der Waals surface area contributed by atoms with E-state index in [2.05, 4.69) is 22.4 Å². The summed E-state index contributed by atoms with van der Waals surface area (Å²) in [6, 6.07) is 14.0. The largest absolute Gasteiger partial charge is 0.306 e. The summed E-state index contributed by atoms with van der Waals surface area (Å²) >= 11 is 3.26. The van der Waals surface area contributed by atoms with Crippen LogP contribution in [0.2, 0.25) is 0 Å². The Hall–Kier alpha value is -2.24. The molecule has 0 unspecified atom stereocenters. The van der Waals surface area contributed by atoms with Crippen LogP contribution in [0.3, 0.4) is 0 Å². The maximum absolute atomic E-state index is 12.4. The van der Waals surface area contributed by atoms with Gasteiger partial charge < -0.3 is 5.32 Å². The normalized spacial score (nSPS) is 11.1. The van der Waals surface area contributed by atoms with Crippen LogP contribution in [0, 0.1) is 6.92 Å². The maximum Gasteiger partial charge on any atom is 0.266 e. The summed E-state index contributed by atoms with van der Waals surface area (Å²) < 4.78 is 3.60. The summed E-state index contributed by atoms with van der Waals surface area (Å²) in [4.78, 5) is 17.3. The van der Waals surface area contributed by atoms with Crippen LogP contribution < -0.4 is 5.32 Å². The number of aryl methyl sites for hydroxylation is 1. The first-order valence-corrected chi connectivity index (χ1v) is 8.49. The topological polar surface area (TPSA) is 42.0 Å². The van der Waals surface area contributed by atoms with Crippen LogP contribution in [0.25, 0.3) is 19.5 Å². The zero-order valence-corrected chi connectivity index (χ0v) is 13.4. The van der Waals surface area contributed by atoms with Crippen LogP contribution in [0.5, 0.6) is 0 Å². The molecular weight excluding hydrogens is 312 g/mol. The number of nitrogens with one attached hydrogen (secondary N) is 1. The Morgan fingerprint density at radius 2 is 1.95 bits per heavy atom. The molecule has 1 amide bonds. The Bertz CT molecular complexity index is 1000. The lowest BCUT2D eigenvalue weighted by atomic mass is 10.2. The highest BCUT2D eigenvalue weighted by Crippen LogP contribution is 2.39. The second kappa shape index (κ2) is 5.19. The Kier molecular flexibility index (Phi) is 3.17. The number of aromatic nitrogens is 1. The number of pyridine rings is 1. The molecular formula is C17H12N2OS2. The van der Waals surface area contributed by atoms with Gasteiger partial charge in [-0.1, -0.05) is 18.2 Å². The molecule has 0 bridgehead atoms. The molecule has 4 rings (SSSR count). The molecule has 3 aromatic heterocycles. The maximum atomic E-state index is 12.4. The standard InChI is InChI=1S/C17H12N2OS2/c1-10-6-7-18-15(8-10)19-17(20)14-9-13-16(22-14)11-4-2-3-5-12(11)21-13/h2-9H,1H3,(H,18,19,20).